The number of H-pyrrole nitrogens is 1. The molecule has 1 aromatic heterocycles. The van der Waals surface area contributed by atoms with Crippen molar-refractivity contribution in [1.82, 2.24) is 9.88 Å². The Kier molecular flexibility index (Phi) is 5.25. The lowest BCUT2D eigenvalue weighted by Gasteiger charge is -2.18. The Morgan fingerprint density at radius 1 is 1.18 bits per heavy atom. The molecule has 3 aromatic rings. The van der Waals surface area contributed by atoms with Crippen molar-refractivity contribution < 1.29 is 12.8 Å². The lowest BCUT2D eigenvalue weighted by Crippen LogP contribution is -2.26. The average Bonchev–Trinajstić information content (AvgIpc) is 3.27. The van der Waals surface area contributed by atoms with E-state index in [2.05, 4.69) is 29.2 Å². The van der Waals surface area contributed by atoms with Crippen molar-refractivity contribution in [2.45, 2.75) is 36.6 Å². The molecule has 0 bridgehead atoms. The number of sulfone groups is 1. The average molecular weight is 401 g/mol. The van der Waals surface area contributed by atoms with Crippen LogP contribution >= 0.6 is 0 Å². The Morgan fingerprint density at radius 2 is 1.96 bits per heavy atom. The van der Waals surface area contributed by atoms with Crippen LogP contribution < -0.4 is 0 Å². The number of likely N-dealkylation sites (tertiary alicyclic amines) is 1. The van der Waals surface area contributed by atoms with Crippen molar-refractivity contribution in [3.63, 3.8) is 0 Å². The van der Waals surface area contributed by atoms with E-state index in [1.165, 1.54) is 48.1 Å². The fourth-order valence-corrected chi connectivity index (χ4v) is 5.34. The highest BCUT2D eigenvalue weighted by atomic mass is 32.2. The maximum absolute atomic E-state index is 13.1. The van der Waals surface area contributed by atoms with Gasteiger partial charge in [-0.1, -0.05) is 6.07 Å². The Bertz CT molecular complexity index is 1070. The Balaban J connectivity index is 1.51. The maximum atomic E-state index is 13.1. The van der Waals surface area contributed by atoms with E-state index in [0.717, 1.165) is 24.0 Å². The number of nitrogens with one attached hydrogen (secondary N) is 1. The zero-order chi connectivity index (χ0) is 19.7. The first-order chi connectivity index (χ1) is 13.4. The summed E-state index contributed by atoms with van der Waals surface area (Å²) in [7, 11) is -1.25. The number of hydrogen-bond acceptors (Lipinski definition) is 3. The van der Waals surface area contributed by atoms with Gasteiger partial charge >= 0.3 is 0 Å². The smallest absolute Gasteiger partial charge is 0.178 e. The molecule has 0 spiro atoms. The molecule has 2 aromatic carbocycles. The normalized spacial score (nSPS) is 18.1. The summed E-state index contributed by atoms with van der Waals surface area (Å²) in [6.07, 6.45) is 5.99. The van der Waals surface area contributed by atoms with E-state index in [1.807, 2.05) is 12.1 Å². The third-order valence-corrected chi connectivity index (χ3v) is 7.52. The standard InChI is InChI=1S/C22H25FN2O2S/c1-25-11-2-3-19(25)14-17-15-24-22-9-4-16(13-21(17)22)10-12-28(26,27)20-7-5-18(23)6-8-20/h4-9,13,15,19,24H,2-3,10-12,14H2,1H3. The zero-order valence-electron chi connectivity index (χ0n) is 16.0. The molecule has 0 amide bonds. The molecular formula is C22H25FN2O2S. The van der Waals surface area contributed by atoms with Crippen molar-refractivity contribution in [2.75, 3.05) is 19.3 Å². The molecule has 4 nitrogen and oxygen atoms in total. The van der Waals surface area contributed by atoms with Crippen molar-refractivity contribution in [3.05, 3.63) is 65.6 Å². The first kappa shape index (κ1) is 19.2. The molecule has 28 heavy (non-hydrogen) atoms. The van der Waals surface area contributed by atoms with Gasteiger partial charge in [0.05, 0.1) is 10.6 Å². The van der Waals surface area contributed by atoms with Gasteiger partial charge in [-0.3, -0.25) is 0 Å². The fourth-order valence-electron chi connectivity index (χ4n) is 4.05. The van der Waals surface area contributed by atoms with Gasteiger partial charge in [0.2, 0.25) is 0 Å². The van der Waals surface area contributed by atoms with Gasteiger partial charge < -0.3 is 9.88 Å². The molecule has 1 aliphatic rings. The van der Waals surface area contributed by atoms with Crippen LogP contribution in [0.3, 0.4) is 0 Å². The third kappa shape index (κ3) is 3.98. The van der Waals surface area contributed by atoms with Crippen LogP contribution in [-0.4, -0.2) is 43.7 Å². The van der Waals surface area contributed by atoms with Crippen LogP contribution in [0.25, 0.3) is 10.9 Å². The van der Waals surface area contributed by atoms with Gasteiger partial charge in [0.25, 0.3) is 0 Å². The molecule has 2 heterocycles. The number of aromatic amines is 1. The maximum Gasteiger partial charge on any atom is 0.178 e. The molecule has 4 rings (SSSR count). The molecule has 1 saturated heterocycles. The van der Waals surface area contributed by atoms with Crippen LogP contribution in [-0.2, 0) is 22.7 Å². The SMILES string of the molecule is CN1CCCC1Cc1c[nH]c2ccc(CCS(=O)(=O)c3ccc(F)cc3)cc12. The largest absolute Gasteiger partial charge is 0.361 e. The first-order valence-corrected chi connectivity index (χ1v) is 11.3. The molecule has 0 saturated carbocycles. The van der Waals surface area contributed by atoms with Gasteiger partial charge in [0, 0.05) is 23.1 Å². The predicted molar refractivity (Wildman–Crippen MR) is 110 cm³/mol. The Morgan fingerprint density at radius 3 is 2.68 bits per heavy atom. The number of hydrogen-bond donors (Lipinski definition) is 1. The van der Waals surface area contributed by atoms with Gasteiger partial charge in [-0.05, 0) is 86.8 Å². The van der Waals surface area contributed by atoms with E-state index in [-0.39, 0.29) is 10.6 Å². The van der Waals surface area contributed by atoms with Gasteiger partial charge in [-0.2, -0.15) is 0 Å². The lowest BCUT2D eigenvalue weighted by atomic mass is 10.0. The predicted octanol–water partition coefficient (Wildman–Crippen LogP) is 3.96. The van der Waals surface area contributed by atoms with Crippen LogP contribution in [0, 0.1) is 5.82 Å². The molecule has 6 heteroatoms. The van der Waals surface area contributed by atoms with Gasteiger partial charge in [0.15, 0.2) is 9.84 Å². The number of aromatic nitrogens is 1. The van der Waals surface area contributed by atoms with Gasteiger partial charge in [-0.25, -0.2) is 12.8 Å². The minimum Gasteiger partial charge on any atom is -0.361 e. The van der Waals surface area contributed by atoms with Crippen LogP contribution in [0.15, 0.2) is 53.6 Å². The molecule has 0 radical (unpaired) electrons. The molecular weight excluding hydrogens is 375 g/mol. The van der Waals surface area contributed by atoms with Crippen LogP contribution in [0.5, 0.6) is 0 Å². The van der Waals surface area contributed by atoms with E-state index in [1.54, 1.807) is 0 Å². The molecule has 148 valence electrons. The van der Waals surface area contributed by atoms with E-state index < -0.39 is 15.7 Å². The third-order valence-electron chi connectivity index (χ3n) is 5.79. The number of aryl methyl sites for hydroxylation is 1. The number of rotatable bonds is 6. The van der Waals surface area contributed by atoms with Crippen molar-refractivity contribution >= 4 is 20.7 Å². The number of nitrogens with zero attached hydrogens (tertiary/aromatic N) is 1. The van der Waals surface area contributed by atoms with Crippen LogP contribution in [0.1, 0.15) is 24.0 Å². The van der Waals surface area contributed by atoms with Crippen molar-refractivity contribution in [2.24, 2.45) is 0 Å². The Labute approximate surface area is 165 Å². The lowest BCUT2D eigenvalue weighted by molar-refractivity contribution is 0.310. The summed E-state index contributed by atoms with van der Waals surface area (Å²) in [5.74, 6) is -0.424. The summed E-state index contributed by atoms with van der Waals surface area (Å²) in [4.78, 5) is 5.92. The summed E-state index contributed by atoms with van der Waals surface area (Å²) >= 11 is 0. The summed E-state index contributed by atoms with van der Waals surface area (Å²) in [6, 6.07) is 11.7. The number of halogens is 1. The van der Waals surface area contributed by atoms with Crippen molar-refractivity contribution in [3.8, 4) is 0 Å². The number of fused-ring (bicyclic) bond motifs is 1. The summed E-state index contributed by atoms with van der Waals surface area (Å²) in [6.45, 7) is 1.15. The highest BCUT2D eigenvalue weighted by Gasteiger charge is 2.22. The minimum absolute atomic E-state index is 0.00918. The van der Waals surface area contributed by atoms with Crippen LogP contribution in [0.2, 0.25) is 0 Å². The fraction of sp³-hybridized carbons (Fsp3) is 0.364. The minimum atomic E-state index is -3.43. The number of benzene rings is 2. The summed E-state index contributed by atoms with van der Waals surface area (Å²) < 4.78 is 38.1. The second kappa shape index (κ2) is 7.68. The first-order valence-electron chi connectivity index (χ1n) is 9.70. The van der Waals surface area contributed by atoms with E-state index >= 15 is 0 Å². The van der Waals surface area contributed by atoms with Gasteiger partial charge in [0.1, 0.15) is 5.82 Å². The highest BCUT2D eigenvalue weighted by Crippen LogP contribution is 2.26. The molecule has 1 N–H and O–H groups in total. The summed E-state index contributed by atoms with van der Waals surface area (Å²) in [5, 5.41) is 1.18. The van der Waals surface area contributed by atoms with E-state index in [4.69, 9.17) is 0 Å². The molecule has 1 unspecified atom stereocenters. The monoisotopic (exact) mass is 400 g/mol. The van der Waals surface area contributed by atoms with Gasteiger partial charge in [-0.15, -0.1) is 0 Å². The van der Waals surface area contributed by atoms with E-state index in [0.29, 0.717) is 12.5 Å². The molecule has 0 aliphatic carbocycles. The van der Waals surface area contributed by atoms with Crippen molar-refractivity contribution in [1.29, 1.82) is 0 Å². The van der Waals surface area contributed by atoms with Crippen LogP contribution in [0.4, 0.5) is 4.39 Å². The second-order valence-corrected chi connectivity index (χ2v) is 9.81. The zero-order valence-corrected chi connectivity index (χ0v) is 16.8. The highest BCUT2D eigenvalue weighted by molar-refractivity contribution is 7.91. The topological polar surface area (TPSA) is 53.2 Å². The van der Waals surface area contributed by atoms with E-state index in [9.17, 15) is 12.8 Å². The molecule has 1 aliphatic heterocycles. The summed E-state index contributed by atoms with van der Waals surface area (Å²) in [5.41, 5.74) is 3.37. The molecule has 1 atom stereocenters. The molecule has 1 fully saturated rings. The quantitative estimate of drug-likeness (QED) is 0.637. The Hall–Kier alpha value is -2.18. The second-order valence-electron chi connectivity index (χ2n) is 7.70. The number of likely N-dealkylation sites (N-methyl/N-ethyl adjacent to an activating group) is 1.